The Kier molecular flexibility index (Phi) is 6.95. The first-order chi connectivity index (χ1) is 12.1. The highest BCUT2D eigenvalue weighted by Gasteiger charge is 2.06. The summed E-state index contributed by atoms with van der Waals surface area (Å²) in [6.45, 7) is 4.40. The topological polar surface area (TPSA) is 59.0 Å². The van der Waals surface area contributed by atoms with Crippen molar-refractivity contribution in [2.75, 3.05) is 5.32 Å². The Morgan fingerprint density at radius 2 is 1.92 bits per heavy atom. The third-order valence-electron chi connectivity index (χ3n) is 4.02. The molecule has 0 aliphatic carbocycles. The first-order valence-electron chi connectivity index (χ1n) is 8.32. The number of hydrogen-bond donors (Lipinski definition) is 2. The van der Waals surface area contributed by atoms with E-state index in [2.05, 4.69) is 53.0 Å². The Morgan fingerprint density at radius 1 is 1.15 bits per heavy atom. The summed E-state index contributed by atoms with van der Waals surface area (Å²) in [5.41, 5.74) is 4.22. The summed E-state index contributed by atoms with van der Waals surface area (Å²) in [4.78, 5) is 11.2. The molecule has 26 heavy (non-hydrogen) atoms. The largest absolute Gasteiger partial charge is 0.326 e. The quantitative estimate of drug-likeness (QED) is 0.686. The van der Waals surface area contributed by atoms with Crippen LogP contribution in [-0.4, -0.2) is 15.7 Å². The maximum atomic E-state index is 11.2. The highest BCUT2D eigenvalue weighted by molar-refractivity contribution is 5.88. The van der Waals surface area contributed by atoms with Crippen LogP contribution >= 0.6 is 12.4 Å². The van der Waals surface area contributed by atoms with E-state index in [0.717, 1.165) is 23.5 Å². The molecule has 1 atom stereocenters. The zero-order valence-electron chi connectivity index (χ0n) is 14.8. The lowest BCUT2D eigenvalue weighted by Gasteiger charge is -2.16. The highest BCUT2D eigenvalue weighted by Crippen LogP contribution is 2.18. The van der Waals surface area contributed by atoms with Crippen LogP contribution in [0.15, 0.2) is 67.0 Å². The van der Waals surface area contributed by atoms with Gasteiger partial charge in [-0.2, -0.15) is 5.10 Å². The summed E-state index contributed by atoms with van der Waals surface area (Å²) < 4.78 is 1.84. The molecule has 136 valence electrons. The molecule has 0 radical (unpaired) electrons. The van der Waals surface area contributed by atoms with Gasteiger partial charge in [0.2, 0.25) is 5.91 Å². The molecule has 2 aromatic carbocycles. The molecular formula is C20H23ClN4O. The van der Waals surface area contributed by atoms with Crippen molar-refractivity contribution in [2.24, 2.45) is 0 Å². The molecule has 3 aromatic rings. The summed E-state index contributed by atoms with van der Waals surface area (Å²) >= 11 is 0. The third-order valence-corrected chi connectivity index (χ3v) is 4.02. The van der Waals surface area contributed by atoms with Crippen LogP contribution in [0.2, 0.25) is 0 Å². The van der Waals surface area contributed by atoms with Crippen molar-refractivity contribution in [1.82, 2.24) is 15.1 Å². The first-order valence-corrected chi connectivity index (χ1v) is 8.32. The van der Waals surface area contributed by atoms with Gasteiger partial charge in [0.05, 0.1) is 5.69 Å². The predicted molar refractivity (Wildman–Crippen MR) is 107 cm³/mol. The van der Waals surface area contributed by atoms with E-state index in [1.54, 1.807) is 6.20 Å². The minimum Gasteiger partial charge on any atom is -0.326 e. The maximum Gasteiger partial charge on any atom is 0.221 e. The van der Waals surface area contributed by atoms with E-state index in [-0.39, 0.29) is 24.4 Å². The molecule has 2 N–H and O–H groups in total. The Labute approximate surface area is 159 Å². The van der Waals surface area contributed by atoms with Gasteiger partial charge in [-0.25, -0.2) is 4.68 Å². The van der Waals surface area contributed by atoms with Gasteiger partial charge in [0.15, 0.2) is 0 Å². The molecule has 0 saturated heterocycles. The number of benzene rings is 2. The molecule has 1 aromatic heterocycles. The number of carbonyl (C=O) groups is 1. The SMILES string of the molecule is CC(=O)Nc1cccc(C(C)NCc2ccc(-n3cccn3)cc2)c1.Cl. The van der Waals surface area contributed by atoms with Crippen molar-refractivity contribution in [3.63, 3.8) is 0 Å². The van der Waals surface area contributed by atoms with Crippen molar-refractivity contribution in [1.29, 1.82) is 0 Å². The van der Waals surface area contributed by atoms with Crippen LogP contribution in [0, 0.1) is 0 Å². The van der Waals surface area contributed by atoms with Gasteiger partial charge in [-0.1, -0.05) is 24.3 Å². The fraction of sp³-hybridized carbons (Fsp3) is 0.200. The van der Waals surface area contributed by atoms with E-state index >= 15 is 0 Å². The number of aromatic nitrogens is 2. The van der Waals surface area contributed by atoms with Crippen molar-refractivity contribution in [3.05, 3.63) is 78.1 Å². The number of anilines is 1. The van der Waals surface area contributed by atoms with Crippen LogP contribution in [0.4, 0.5) is 5.69 Å². The second-order valence-electron chi connectivity index (χ2n) is 6.03. The van der Waals surface area contributed by atoms with Crippen LogP contribution in [0.5, 0.6) is 0 Å². The second kappa shape index (κ2) is 9.17. The van der Waals surface area contributed by atoms with E-state index in [1.807, 2.05) is 35.1 Å². The number of hydrogen-bond acceptors (Lipinski definition) is 3. The van der Waals surface area contributed by atoms with Gasteiger partial charge in [-0.3, -0.25) is 4.79 Å². The molecule has 1 unspecified atom stereocenters. The van der Waals surface area contributed by atoms with Crippen molar-refractivity contribution in [3.8, 4) is 5.69 Å². The van der Waals surface area contributed by atoms with Crippen molar-refractivity contribution < 1.29 is 4.79 Å². The summed E-state index contributed by atoms with van der Waals surface area (Å²) in [5, 5.41) is 10.6. The molecule has 0 aliphatic heterocycles. The second-order valence-corrected chi connectivity index (χ2v) is 6.03. The van der Waals surface area contributed by atoms with Gasteiger partial charge < -0.3 is 10.6 Å². The van der Waals surface area contributed by atoms with Gasteiger partial charge in [0.25, 0.3) is 0 Å². The van der Waals surface area contributed by atoms with E-state index in [4.69, 9.17) is 0 Å². The highest BCUT2D eigenvalue weighted by atomic mass is 35.5. The van der Waals surface area contributed by atoms with Crippen molar-refractivity contribution in [2.45, 2.75) is 26.4 Å². The number of nitrogens with zero attached hydrogens (tertiary/aromatic N) is 2. The number of halogens is 1. The third kappa shape index (κ3) is 5.18. The molecular weight excluding hydrogens is 348 g/mol. The number of rotatable bonds is 6. The lowest BCUT2D eigenvalue weighted by molar-refractivity contribution is -0.114. The van der Waals surface area contributed by atoms with E-state index in [1.165, 1.54) is 12.5 Å². The molecule has 6 heteroatoms. The summed E-state index contributed by atoms with van der Waals surface area (Å²) in [5.74, 6) is -0.0602. The predicted octanol–water partition coefficient (Wildman–Crippen LogP) is 4.10. The monoisotopic (exact) mass is 370 g/mol. The lowest BCUT2D eigenvalue weighted by Crippen LogP contribution is -2.18. The Morgan fingerprint density at radius 3 is 2.58 bits per heavy atom. The standard InChI is InChI=1S/C20H22N4O.ClH/c1-15(18-5-3-6-19(13-18)23-16(2)25)21-14-17-7-9-20(10-8-17)24-12-4-11-22-24;/h3-13,15,21H,14H2,1-2H3,(H,23,25);1H. The smallest absolute Gasteiger partial charge is 0.221 e. The number of amides is 1. The molecule has 0 saturated carbocycles. The van der Waals surface area contributed by atoms with Crippen LogP contribution in [0.1, 0.15) is 31.0 Å². The number of carbonyl (C=O) groups excluding carboxylic acids is 1. The molecule has 0 aliphatic rings. The van der Waals surface area contributed by atoms with Gasteiger partial charge in [0.1, 0.15) is 0 Å². The Hall–Kier alpha value is -2.63. The zero-order chi connectivity index (χ0) is 17.6. The minimum atomic E-state index is -0.0602. The summed E-state index contributed by atoms with van der Waals surface area (Å²) in [6, 6.07) is 18.3. The first kappa shape index (κ1) is 19.7. The minimum absolute atomic E-state index is 0. The fourth-order valence-electron chi connectivity index (χ4n) is 2.67. The Bertz CT molecular complexity index is 831. The molecule has 0 spiro atoms. The molecule has 1 heterocycles. The zero-order valence-corrected chi connectivity index (χ0v) is 15.7. The van der Waals surface area contributed by atoms with E-state index in [9.17, 15) is 4.79 Å². The van der Waals surface area contributed by atoms with E-state index in [0.29, 0.717) is 0 Å². The average molecular weight is 371 g/mol. The van der Waals surface area contributed by atoms with Gasteiger partial charge in [0, 0.05) is 37.6 Å². The van der Waals surface area contributed by atoms with Gasteiger partial charge in [-0.15, -0.1) is 12.4 Å². The Balaban J connectivity index is 0.00000243. The van der Waals surface area contributed by atoms with Crippen LogP contribution in [0.25, 0.3) is 5.69 Å². The molecule has 0 fully saturated rings. The molecule has 1 amide bonds. The fourth-order valence-corrected chi connectivity index (χ4v) is 2.67. The maximum absolute atomic E-state index is 11.2. The van der Waals surface area contributed by atoms with Crippen molar-refractivity contribution >= 4 is 24.0 Å². The molecule has 5 nitrogen and oxygen atoms in total. The molecule has 3 rings (SSSR count). The van der Waals surface area contributed by atoms with Crippen LogP contribution in [-0.2, 0) is 11.3 Å². The number of nitrogens with one attached hydrogen (secondary N) is 2. The van der Waals surface area contributed by atoms with Gasteiger partial charge in [-0.05, 0) is 48.4 Å². The van der Waals surface area contributed by atoms with Gasteiger partial charge >= 0.3 is 0 Å². The van der Waals surface area contributed by atoms with E-state index < -0.39 is 0 Å². The van der Waals surface area contributed by atoms with Crippen LogP contribution in [0.3, 0.4) is 0 Å². The van der Waals surface area contributed by atoms with Crippen LogP contribution < -0.4 is 10.6 Å². The summed E-state index contributed by atoms with van der Waals surface area (Å²) in [7, 11) is 0. The lowest BCUT2D eigenvalue weighted by atomic mass is 10.1. The average Bonchev–Trinajstić information content (AvgIpc) is 3.14. The normalized spacial score (nSPS) is 11.5. The molecule has 0 bridgehead atoms. The summed E-state index contributed by atoms with van der Waals surface area (Å²) in [6.07, 6.45) is 3.70.